The first-order valence-electron chi connectivity index (χ1n) is 6.84. The van der Waals surface area contributed by atoms with Gasteiger partial charge in [-0.3, -0.25) is 0 Å². The third kappa shape index (κ3) is 4.66. The Morgan fingerprint density at radius 1 is 1.05 bits per heavy atom. The molecule has 0 aromatic heterocycles. The minimum atomic E-state index is -3.45. The molecule has 0 atom stereocenters. The molecule has 0 saturated carbocycles. The Labute approximate surface area is 134 Å². The molecule has 0 saturated heterocycles. The normalized spacial score (nSPS) is 11.5. The van der Waals surface area contributed by atoms with E-state index in [2.05, 4.69) is 39.7 Å². The van der Waals surface area contributed by atoms with Gasteiger partial charge in [0.15, 0.2) is 0 Å². The van der Waals surface area contributed by atoms with Crippen LogP contribution in [-0.4, -0.2) is 15.0 Å². The van der Waals surface area contributed by atoms with E-state index in [4.69, 9.17) is 0 Å². The van der Waals surface area contributed by atoms with E-state index in [1.54, 1.807) is 24.3 Å². The Morgan fingerprint density at radius 3 is 2.33 bits per heavy atom. The van der Waals surface area contributed by atoms with Crippen molar-refractivity contribution in [3.63, 3.8) is 0 Å². The van der Waals surface area contributed by atoms with Crippen LogP contribution < -0.4 is 4.72 Å². The van der Waals surface area contributed by atoms with Crippen LogP contribution in [0.4, 0.5) is 0 Å². The highest BCUT2D eigenvalue weighted by molar-refractivity contribution is 9.10. The van der Waals surface area contributed by atoms with Crippen molar-refractivity contribution in [3.05, 3.63) is 64.1 Å². The fourth-order valence-corrected chi connectivity index (χ4v) is 3.62. The summed E-state index contributed by atoms with van der Waals surface area (Å²) in [5.41, 5.74) is 2.41. The maximum absolute atomic E-state index is 12.1. The standard InChI is InChI=1S/C16H18BrNO2S/c1-2-13-6-8-14(9-7-13)10-11-18-21(19,20)16-5-3-4-15(17)12-16/h3-9,12,18H,2,10-11H2,1H3. The Kier molecular flexibility index (Phi) is 5.56. The van der Waals surface area contributed by atoms with Gasteiger partial charge in [-0.25, -0.2) is 13.1 Å². The summed E-state index contributed by atoms with van der Waals surface area (Å²) in [6, 6.07) is 15.0. The summed E-state index contributed by atoms with van der Waals surface area (Å²) in [6.45, 7) is 2.50. The smallest absolute Gasteiger partial charge is 0.211 e. The molecule has 1 N–H and O–H groups in total. The van der Waals surface area contributed by atoms with Gasteiger partial charge in [0, 0.05) is 11.0 Å². The molecule has 3 nitrogen and oxygen atoms in total. The molecule has 112 valence electrons. The fourth-order valence-electron chi connectivity index (χ4n) is 1.99. The molecule has 2 rings (SSSR count). The van der Waals surface area contributed by atoms with E-state index in [1.165, 1.54) is 5.56 Å². The van der Waals surface area contributed by atoms with Crippen LogP contribution in [-0.2, 0) is 22.9 Å². The average molecular weight is 368 g/mol. The van der Waals surface area contributed by atoms with Gasteiger partial charge in [0.25, 0.3) is 0 Å². The van der Waals surface area contributed by atoms with Crippen LogP contribution >= 0.6 is 15.9 Å². The van der Waals surface area contributed by atoms with Gasteiger partial charge in [0.1, 0.15) is 0 Å². The van der Waals surface area contributed by atoms with E-state index in [-0.39, 0.29) is 4.90 Å². The first kappa shape index (κ1) is 16.2. The summed E-state index contributed by atoms with van der Waals surface area (Å²) in [4.78, 5) is 0.276. The molecule has 0 aliphatic heterocycles. The molecule has 0 radical (unpaired) electrons. The van der Waals surface area contributed by atoms with Crippen molar-refractivity contribution in [1.82, 2.24) is 4.72 Å². The number of hydrogen-bond acceptors (Lipinski definition) is 2. The van der Waals surface area contributed by atoms with Crippen LogP contribution in [0.15, 0.2) is 57.9 Å². The monoisotopic (exact) mass is 367 g/mol. The second-order valence-electron chi connectivity index (χ2n) is 4.78. The van der Waals surface area contributed by atoms with Crippen molar-refractivity contribution in [2.24, 2.45) is 0 Å². The number of benzene rings is 2. The Hall–Kier alpha value is -1.17. The summed E-state index contributed by atoms with van der Waals surface area (Å²) in [7, 11) is -3.45. The van der Waals surface area contributed by atoms with Crippen molar-refractivity contribution in [1.29, 1.82) is 0 Å². The van der Waals surface area contributed by atoms with Crippen molar-refractivity contribution in [3.8, 4) is 0 Å². The third-order valence-electron chi connectivity index (χ3n) is 3.24. The van der Waals surface area contributed by atoms with Crippen LogP contribution in [0.3, 0.4) is 0 Å². The molecule has 0 fully saturated rings. The molecule has 2 aromatic rings. The van der Waals surface area contributed by atoms with Crippen molar-refractivity contribution in [2.45, 2.75) is 24.7 Å². The van der Waals surface area contributed by atoms with Crippen LogP contribution in [0.2, 0.25) is 0 Å². The Balaban J connectivity index is 1.95. The van der Waals surface area contributed by atoms with E-state index in [0.717, 1.165) is 16.5 Å². The van der Waals surface area contributed by atoms with E-state index in [1.807, 2.05) is 12.1 Å². The van der Waals surface area contributed by atoms with Gasteiger partial charge >= 0.3 is 0 Å². The number of aryl methyl sites for hydroxylation is 1. The molecule has 5 heteroatoms. The molecule has 2 aromatic carbocycles. The van der Waals surface area contributed by atoms with Crippen molar-refractivity contribution >= 4 is 26.0 Å². The average Bonchev–Trinajstić information content (AvgIpc) is 2.48. The number of rotatable bonds is 6. The minimum absolute atomic E-state index is 0.276. The van der Waals surface area contributed by atoms with Crippen LogP contribution in [0.5, 0.6) is 0 Å². The molecule has 0 amide bonds. The van der Waals surface area contributed by atoms with Gasteiger partial charge in [-0.15, -0.1) is 0 Å². The van der Waals surface area contributed by atoms with Gasteiger partial charge in [-0.1, -0.05) is 53.2 Å². The van der Waals surface area contributed by atoms with Crippen molar-refractivity contribution in [2.75, 3.05) is 6.54 Å². The highest BCUT2D eigenvalue weighted by Crippen LogP contribution is 2.15. The SMILES string of the molecule is CCc1ccc(CCNS(=O)(=O)c2cccc(Br)c2)cc1. The second kappa shape index (κ2) is 7.20. The van der Waals surface area contributed by atoms with E-state index >= 15 is 0 Å². The Bertz CT molecular complexity index is 696. The summed E-state index contributed by atoms with van der Waals surface area (Å²) >= 11 is 3.28. The van der Waals surface area contributed by atoms with E-state index in [9.17, 15) is 8.42 Å². The predicted molar refractivity (Wildman–Crippen MR) is 88.9 cm³/mol. The summed E-state index contributed by atoms with van der Waals surface area (Å²) < 4.78 is 27.7. The van der Waals surface area contributed by atoms with Crippen LogP contribution in [0, 0.1) is 0 Å². The van der Waals surface area contributed by atoms with Gasteiger partial charge in [0.2, 0.25) is 10.0 Å². The summed E-state index contributed by atoms with van der Waals surface area (Å²) in [5.74, 6) is 0. The van der Waals surface area contributed by atoms with Gasteiger partial charge in [-0.05, 0) is 42.2 Å². The number of sulfonamides is 1. The molecule has 0 bridgehead atoms. The maximum atomic E-state index is 12.1. The molecule has 0 heterocycles. The summed E-state index contributed by atoms with van der Waals surface area (Å²) in [6.07, 6.45) is 1.69. The lowest BCUT2D eigenvalue weighted by Crippen LogP contribution is -2.26. The second-order valence-corrected chi connectivity index (χ2v) is 7.46. The molecular formula is C16H18BrNO2S. The fraction of sp³-hybridized carbons (Fsp3) is 0.250. The highest BCUT2D eigenvalue weighted by Gasteiger charge is 2.13. The molecular weight excluding hydrogens is 350 g/mol. The molecule has 21 heavy (non-hydrogen) atoms. The van der Waals surface area contributed by atoms with E-state index < -0.39 is 10.0 Å². The number of halogens is 1. The lowest BCUT2D eigenvalue weighted by Gasteiger charge is -2.07. The zero-order chi connectivity index (χ0) is 15.3. The first-order valence-corrected chi connectivity index (χ1v) is 9.12. The first-order chi connectivity index (χ1) is 10.0. The van der Waals surface area contributed by atoms with Crippen LogP contribution in [0.25, 0.3) is 0 Å². The molecule has 0 spiro atoms. The van der Waals surface area contributed by atoms with Gasteiger partial charge < -0.3 is 0 Å². The van der Waals surface area contributed by atoms with Crippen LogP contribution in [0.1, 0.15) is 18.1 Å². The third-order valence-corrected chi connectivity index (χ3v) is 5.20. The quantitative estimate of drug-likeness (QED) is 0.848. The lowest BCUT2D eigenvalue weighted by atomic mass is 10.1. The number of hydrogen-bond donors (Lipinski definition) is 1. The topological polar surface area (TPSA) is 46.2 Å². The molecule has 0 aliphatic carbocycles. The Morgan fingerprint density at radius 2 is 1.71 bits per heavy atom. The maximum Gasteiger partial charge on any atom is 0.240 e. The van der Waals surface area contributed by atoms with Gasteiger partial charge in [0.05, 0.1) is 4.90 Å². The minimum Gasteiger partial charge on any atom is -0.211 e. The summed E-state index contributed by atoms with van der Waals surface area (Å²) in [5, 5.41) is 0. The lowest BCUT2D eigenvalue weighted by molar-refractivity contribution is 0.581. The number of nitrogens with one attached hydrogen (secondary N) is 1. The zero-order valence-corrected chi connectivity index (χ0v) is 14.2. The zero-order valence-electron chi connectivity index (χ0n) is 11.8. The molecule has 0 aliphatic rings. The van der Waals surface area contributed by atoms with E-state index in [0.29, 0.717) is 13.0 Å². The van der Waals surface area contributed by atoms with Crippen molar-refractivity contribution < 1.29 is 8.42 Å². The van der Waals surface area contributed by atoms with Gasteiger partial charge in [-0.2, -0.15) is 0 Å². The predicted octanol–water partition coefficient (Wildman–Crippen LogP) is 3.53. The molecule has 0 unspecified atom stereocenters. The highest BCUT2D eigenvalue weighted by atomic mass is 79.9. The largest absolute Gasteiger partial charge is 0.240 e.